The fraction of sp³-hybridized carbons (Fsp3) is 0.556. The Bertz CT molecular complexity index is 522. The molecular weight excluding hydrogens is 292 g/mol. The lowest BCUT2D eigenvalue weighted by Crippen LogP contribution is -2.43. The largest absolute Gasteiger partial charge is 0.481 e. The SMILES string of the molecule is CCc1ccc(C(=O)C(CNC2CCNCC2)CC(=O)O)cc1. The third kappa shape index (κ3) is 5.44. The molecule has 1 unspecified atom stereocenters. The van der Waals surface area contributed by atoms with Crippen LogP contribution in [0.1, 0.15) is 42.1 Å². The zero-order valence-corrected chi connectivity index (χ0v) is 13.7. The minimum atomic E-state index is -0.930. The maximum Gasteiger partial charge on any atom is 0.304 e. The number of rotatable bonds is 8. The van der Waals surface area contributed by atoms with Crippen molar-refractivity contribution in [1.29, 1.82) is 0 Å². The van der Waals surface area contributed by atoms with E-state index in [1.54, 1.807) is 12.1 Å². The second-order valence-corrected chi connectivity index (χ2v) is 6.14. The molecule has 1 aromatic rings. The van der Waals surface area contributed by atoms with Gasteiger partial charge in [-0.2, -0.15) is 0 Å². The summed E-state index contributed by atoms with van der Waals surface area (Å²) >= 11 is 0. The van der Waals surface area contributed by atoms with Crippen LogP contribution < -0.4 is 10.6 Å². The number of carboxylic acids is 1. The molecule has 0 aromatic heterocycles. The van der Waals surface area contributed by atoms with Crippen LogP contribution in [0.15, 0.2) is 24.3 Å². The highest BCUT2D eigenvalue weighted by molar-refractivity contribution is 5.99. The third-order valence-corrected chi connectivity index (χ3v) is 4.43. The van der Waals surface area contributed by atoms with E-state index in [-0.39, 0.29) is 12.2 Å². The summed E-state index contributed by atoms with van der Waals surface area (Å²) in [5.74, 6) is -1.54. The van der Waals surface area contributed by atoms with Gasteiger partial charge in [0.1, 0.15) is 0 Å². The highest BCUT2D eigenvalue weighted by Gasteiger charge is 2.24. The van der Waals surface area contributed by atoms with Gasteiger partial charge in [-0.15, -0.1) is 0 Å². The highest BCUT2D eigenvalue weighted by Crippen LogP contribution is 2.15. The lowest BCUT2D eigenvalue weighted by molar-refractivity contribution is -0.137. The molecule has 1 saturated heterocycles. The number of benzene rings is 1. The van der Waals surface area contributed by atoms with Crippen molar-refractivity contribution in [3.8, 4) is 0 Å². The summed E-state index contributed by atoms with van der Waals surface area (Å²) in [6.07, 6.45) is 2.81. The Hall–Kier alpha value is -1.72. The zero-order valence-electron chi connectivity index (χ0n) is 13.7. The van der Waals surface area contributed by atoms with Crippen molar-refractivity contribution in [2.24, 2.45) is 5.92 Å². The van der Waals surface area contributed by atoms with Gasteiger partial charge in [-0.3, -0.25) is 9.59 Å². The summed E-state index contributed by atoms with van der Waals surface area (Å²) in [5.41, 5.74) is 1.77. The average Bonchev–Trinajstić information content (AvgIpc) is 2.58. The number of aryl methyl sites for hydroxylation is 1. The van der Waals surface area contributed by atoms with Gasteiger partial charge < -0.3 is 15.7 Å². The molecule has 2 rings (SSSR count). The van der Waals surface area contributed by atoms with Gasteiger partial charge in [0.15, 0.2) is 5.78 Å². The van der Waals surface area contributed by atoms with Gasteiger partial charge in [0.05, 0.1) is 6.42 Å². The Balaban J connectivity index is 2.00. The van der Waals surface area contributed by atoms with Crippen molar-refractivity contribution in [3.63, 3.8) is 0 Å². The van der Waals surface area contributed by atoms with Crippen LogP contribution >= 0.6 is 0 Å². The molecule has 5 heteroatoms. The normalized spacial score (nSPS) is 16.9. The molecule has 1 atom stereocenters. The summed E-state index contributed by atoms with van der Waals surface area (Å²) < 4.78 is 0. The molecule has 0 bridgehead atoms. The maximum absolute atomic E-state index is 12.6. The first kappa shape index (κ1) is 17.6. The van der Waals surface area contributed by atoms with Gasteiger partial charge in [-0.25, -0.2) is 0 Å². The Kier molecular flexibility index (Phi) is 6.74. The van der Waals surface area contributed by atoms with E-state index in [0.717, 1.165) is 32.4 Å². The molecule has 126 valence electrons. The van der Waals surface area contributed by atoms with E-state index in [1.807, 2.05) is 12.1 Å². The standard InChI is InChI=1S/C18H26N2O3/c1-2-13-3-5-14(6-4-13)18(23)15(11-17(21)22)12-20-16-7-9-19-10-8-16/h3-6,15-16,19-20H,2,7-12H2,1H3,(H,21,22). The first-order valence-corrected chi connectivity index (χ1v) is 8.39. The van der Waals surface area contributed by atoms with Crippen LogP contribution in [0.2, 0.25) is 0 Å². The average molecular weight is 318 g/mol. The number of nitrogens with one attached hydrogen (secondary N) is 2. The molecule has 1 aromatic carbocycles. The van der Waals surface area contributed by atoms with E-state index in [4.69, 9.17) is 5.11 Å². The van der Waals surface area contributed by atoms with E-state index in [1.165, 1.54) is 5.56 Å². The molecule has 0 radical (unpaired) electrons. The molecule has 0 spiro atoms. The van der Waals surface area contributed by atoms with E-state index in [2.05, 4.69) is 17.6 Å². The molecule has 1 fully saturated rings. The molecular formula is C18H26N2O3. The lowest BCUT2D eigenvalue weighted by atomic mass is 9.93. The van der Waals surface area contributed by atoms with Crippen LogP contribution in [-0.2, 0) is 11.2 Å². The summed E-state index contributed by atoms with van der Waals surface area (Å²) in [7, 11) is 0. The Morgan fingerprint density at radius 2 is 1.91 bits per heavy atom. The lowest BCUT2D eigenvalue weighted by Gasteiger charge is -2.25. The topological polar surface area (TPSA) is 78.4 Å². The minimum Gasteiger partial charge on any atom is -0.481 e. The molecule has 1 aliphatic rings. The van der Waals surface area contributed by atoms with E-state index >= 15 is 0 Å². The quantitative estimate of drug-likeness (QED) is 0.638. The van der Waals surface area contributed by atoms with Gasteiger partial charge >= 0.3 is 5.97 Å². The van der Waals surface area contributed by atoms with Crippen molar-refractivity contribution >= 4 is 11.8 Å². The fourth-order valence-corrected chi connectivity index (χ4v) is 2.94. The second-order valence-electron chi connectivity index (χ2n) is 6.14. The van der Waals surface area contributed by atoms with Crippen LogP contribution in [0.5, 0.6) is 0 Å². The number of carboxylic acid groups (broad SMARTS) is 1. The maximum atomic E-state index is 12.6. The molecule has 3 N–H and O–H groups in total. The summed E-state index contributed by atoms with van der Waals surface area (Å²) in [5, 5.41) is 15.8. The number of hydrogen-bond acceptors (Lipinski definition) is 4. The van der Waals surface area contributed by atoms with E-state index in [0.29, 0.717) is 18.2 Å². The summed E-state index contributed by atoms with van der Waals surface area (Å²) in [4.78, 5) is 23.7. The molecule has 23 heavy (non-hydrogen) atoms. The highest BCUT2D eigenvalue weighted by atomic mass is 16.4. The Morgan fingerprint density at radius 1 is 1.26 bits per heavy atom. The van der Waals surface area contributed by atoms with Gasteiger partial charge in [-0.05, 0) is 37.9 Å². The Morgan fingerprint density at radius 3 is 2.48 bits per heavy atom. The molecule has 1 heterocycles. The molecule has 0 amide bonds. The van der Waals surface area contributed by atoms with Crippen LogP contribution in [0.25, 0.3) is 0 Å². The predicted octanol–water partition coefficient (Wildman–Crippen LogP) is 1.86. The van der Waals surface area contributed by atoms with Crippen LogP contribution in [0, 0.1) is 5.92 Å². The van der Waals surface area contributed by atoms with Crippen molar-refractivity contribution in [2.75, 3.05) is 19.6 Å². The van der Waals surface area contributed by atoms with Crippen LogP contribution in [0.3, 0.4) is 0 Å². The van der Waals surface area contributed by atoms with Crippen molar-refractivity contribution in [1.82, 2.24) is 10.6 Å². The van der Waals surface area contributed by atoms with Gasteiger partial charge in [0.25, 0.3) is 0 Å². The fourth-order valence-electron chi connectivity index (χ4n) is 2.94. The van der Waals surface area contributed by atoms with Gasteiger partial charge in [0, 0.05) is 24.1 Å². The first-order valence-electron chi connectivity index (χ1n) is 8.39. The number of carbonyl (C=O) groups is 2. The van der Waals surface area contributed by atoms with Crippen molar-refractivity contribution < 1.29 is 14.7 Å². The number of ketones is 1. The first-order chi connectivity index (χ1) is 11.1. The van der Waals surface area contributed by atoms with E-state index < -0.39 is 11.9 Å². The van der Waals surface area contributed by atoms with Gasteiger partial charge in [0.2, 0.25) is 0 Å². The Labute approximate surface area is 137 Å². The van der Waals surface area contributed by atoms with Crippen molar-refractivity contribution in [2.45, 2.75) is 38.6 Å². The molecule has 5 nitrogen and oxygen atoms in total. The van der Waals surface area contributed by atoms with E-state index in [9.17, 15) is 9.59 Å². The predicted molar refractivity (Wildman–Crippen MR) is 89.8 cm³/mol. The van der Waals surface area contributed by atoms with Gasteiger partial charge in [-0.1, -0.05) is 31.2 Å². The minimum absolute atomic E-state index is 0.0866. The van der Waals surface area contributed by atoms with Crippen LogP contribution in [0.4, 0.5) is 0 Å². The van der Waals surface area contributed by atoms with Crippen molar-refractivity contribution in [3.05, 3.63) is 35.4 Å². The second kappa shape index (κ2) is 8.79. The number of Topliss-reactive ketones (excluding diaryl/α,β-unsaturated/α-hetero) is 1. The summed E-state index contributed by atoms with van der Waals surface area (Å²) in [6.45, 7) is 4.42. The number of carbonyl (C=O) groups excluding carboxylic acids is 1. The molecule has 0 aliphatic carbocycles. The number of hydrogen-bond donors (Lipinski definition) is 3. The number of aliphatic carboxylic acids is 1. The summed E-state index contributed by atoms with van der Waals surface area (Å²) in [6, 6.07) is 7.85. The van der Waals surface area contributed by atoms with Crippen LogP contribution in [-0.4, -0.2) is 42.5 Å². The monoisotopic (exact) mass is 318 g/mol. The molecule has 1 aliphatic heterocycles. The molecule has 0 saturated carbocycles. The third-order valence-electron chi connectivity index (χ3n) is 4.43. The smallest absolute Gasteiger partial charge is 0.304 e. The number of piperidine rings is 1. The zero-order chi connectivity index (χ0) is 16.7.